The zero-order chi connectivity index (χ0) is 19.6. The Bertz CT molecular complexity index is 946. The Morgan fingerprint density at radius 3 is 2.63 bits per heavy atom. The molecule has 0 spiro atoms. The van der Waals surface area contributed by atoms with Gasteiger partial charge in [0.1, 0.15) is 10.1 Å². The van der Waals surface area contributed by atoms with Crippen molar-refractivity contribution >= 4 is 62.2 Å². The molecule has 138 valence electrons. The van der Waals surface area contributed by atoms with Crippen LogP contribution in [0.1, 0.15) is 17.2 Å². The minimum Gasteiger partial charge on any atom is -0.496 e. The van der Waals surface area contributed by atoms with Crippen LogP contribution < -0.4 is 4.74 Å². The van der Waals surface area contributed by atoms with E-state index < -0.39 is 17.9 Å². The Labute approximate surface area is 174 Å². The Kier molecular flexibility index (Phi) is 5.98. The second kappa shape index (κ2) is 8.24. The van der Waals surface area contributed by atoms with Crippen LogP contribution >= 0.6 is 39.9 Å². The molecule has 2 aromatic carbocycles. The fourth-order valence-electron chi connectivity index (χ4n) is 2.70. The lowest BCUT2D eigenvalue weighted by molar-refractivity contribution is -0.145. The van der Waals surface area contributed by atoms with Crippen molar-refractivity contribution in [1.82, 2.24) is 4.90 Å². The molecule has 27 heavy (non-hydrogen) atoms. The van der Waals surface area contributed by atoms with Gasteiger partial charge in [0.25, 0.3) is 5.91 Å². The molecular weight excluding hydrogens is 450 g/mol. The average molecular weight is 464 g/mol. The molecule has 1 atom stereocenters. The molecule has 1 aliphatic heterocycles. The van der Waals surface area contributed by atoms with Crippen LogP contribution in [0, 0.1) is 0 Å². The molecule has 2 aromatic rings. The van der Waals surface area contributed by atoms with E-state index in [1.54, 1.807) is 49.6 Å². The van der Waals surface area contributed by atoms with Gasteiger partial charge in [-0.05, 0) is 29.8 Å². The van der Waals surface area contributed by atoms with Crippen molar-refractivity contribution in [3.63, 3.8) is 0 Å². The van der Waals surface area contributed by atoms with Crippen LogP contribution in [-0.2, 0) is 9.59 Å². The number of thiocarbonyl (C=S) groups is 1. The highest BCUT2D eigenvalue weighted by atomic mass is 79.9. The fraction of sp³-hybridized carbons (Fsp3) is 0.105. The molecule has 1 heterocycles. The first kappa shape index (κ1) is 19.6. The van der Waals surface area contributed by atoms with E-state index in [1.807, 2.05) is 12.1 Å². The molecule has 1 saturated heterocycles. The molecule has 0 aliphatic carbocycles. The minimum atomic E-state index is -1.17. The maximum absolute atomic E-state index is 13.0. The van der Waals surface area contributed by atoms with E-state index in [-0.39, 0.29) is 4.32 Å². The molecule has 1 aliphatic rings. The summed E-state index contributed by atoms with van der Waals surface area (Å²) < 4.78 is 6.36. The van der Waals surface area contributed by atoms with Gasteiger partial charge in [-0.15, -0.1) is 0 Å². The van der Waals surface area contributed by atoms with E-state index >= 15 is 0 Å². The lowest BCUT2D eigenvalue weighted by atomic mass is 10.1. The Morgan fingerprint density at radius 1 is 1.30 bits per heavy atom. The highest BCUT2D eigenvalue weighted by molar-refractivity contribution is 9.10. The largest absolute Gasteiger partial charge is 0.496 e. The lowest BCUT2D eigenvalue weighted by Crippen LogP contribution is -2.37. The highest BCUT2D eigenvalue weighted by Gasteiger charge is 2.41. The number of ether oxygens (including phenoxy) is 1. The van der Waals surface area contributed by atoms with Gasteiger partial charge in [-0.1, -0.05) is 70.2 Å². The summed E-state index contributed by atoms with van der Waals surface area (Å²) in [6.07, 6.45) is 1.66. The topological polar surface area (TPSA) is 66.8 Å². The number of methoxy groups -OCH3 is 1. The maximum atomic E-state index is 13.0. The summed E-state index contributed by atoms with van der Waals surface area (Å²) in [6, 6.07) is 12.8. The van der Waals surface area contributed by atoms with E-state index in [9.17, 15) is 14.7 Å². The number of carboxylic acid groups (broad SMARTS) is 1. The second-order valence-electron chi connectivity index (χ2n) is 5.59. The summed E-state index contributed by atoms with van der Waals surface area (Å²) in [5.74, 6) is -0.983. The number of benzene rings is 2. The van der Waals surface area contributed by atoms with Gasteiger partial charge >= 0.3 is 5.97 Å². The number of thioether (sulfide) groups is 1. The number of halogens is 1. The molecule has 0 aromatic heterocycles. The summed E-state index contributed by atoms with van der Waals surface area (Å²) in [4.78, 5) is 26.3. The monoisotopic (exact) mass is 463 g/mol. The number of aliphatic carboxylic acids is 1. The Balaban J connectivity index is 2.00. The summed E-state index contributed by atoms with van der Waals surface area (Å²) >= 11 is 9.79. The van der Waals surface area contributed by atoms with Gasteiger partial charge in [-0.25, -0.2) is 4.79 Å². The molecule has 1 amide bonds. The number of amides is 1. The van der Waals surface area contributed by atoms with Crippen LogP contribution in [0.4, 0.5) is 0 Å². The predicted molar refractivity (Wildman–Crippen MR) is 113 cm³/mol. The first-order valence-electron chi connectivity index (χ1n) is 7.80. The van der Waals surface area contributed by atoms with Crippen LogP contribution in [0.25, 0.3) is 6.08 Å². The standard InChI is InChI=1S/C19H14BrNO4S2/c1-25-14-8-7-13(20)9-12(14)10-15-17(22)21(19(26)27-15)16(18(23)24)11-5-3-2-4-6-11/h2-10,16H,1H3,(H,23,24)/b15-10+. The van der Waals surface area contributed by atoms with Gasteiger partial charge in [0.15, 0.2) is 6.04 Å². The van der Waals surface area contributed by atoms with Crippen molar-refractivity contribution in [2.45, 2.75) is 6.04 Å². The number of hydrogen-bond acceptors (Lipinski definition) is 5. The molecule has 8 heteroatoms. The number of carboxylic acids is 1. The molecule has 3 rings (SSSR count). The lowest BCUT2D eigenvalue weighted by Gasteiger charge is -2.23. The third-order valence-electron chi connectivity index (χ3n) is 3.91. The van der Waals surface area contributed by atoms with Crippen molar-refractivity contribution in [2.75, 3.05) is 7.11 Å². The molecule has 1 unspecified atom stereocenters. The number of nitrogens with zero attached hydrogens (tertiary/aromatic N) is 1. The van der Waals surface area contributed by atoms with Crippen LogP contribution in [0.3, 0.4) is 0 Å². The van der Waals surface area contributed by atoms with Gasteiger partial charge in [0.2, 0.25) is 0 Å². The van der Waals surface area contributed by atoms with E-state index in [0.717, 1.165) is 21.1 Å². The van der Waals surface area contributed by atoms with E-state index in [0.29, 0.717) is 21.8 Å². The van der Waals surface area contributed by atoms with Crippen LogP contribution in [0.15, 0.2) is 57.9 Å². The zero-order valence-electron chi connectivity index (χ0n) is 14.1. The van der Waals surface area contributed by atoms with Gasteiger partial charge in [0.05, 0.1) is 12.0 Å². The van der Waals surface area contributed by atoms with Crippen LogP contribution in [0.5, 0.6) is 5.75 Å². The summed E-state index contributed by atoms with van der Waals surface area (Å²) in [7, 11) is 1.54. The molecule has 0 radical (unpaired) electrons. The van der Waals surface area contributed by atoms with Crippen molar-refractivity contribution in [3.8, 4) is 5.75 Å². The quantitative estimate of drug-likeness (QED) is 0.520. The van der Waals surface area contributed by atoms with E-state index in [4.69, 9.17) is 17.0 Å². The van der Waals surface area contributed by atoms with Crippen LogP contribution in [0.2, 0.25) is 0 Å². The Hall–Kier alpha value is -2.16. The van der Waals surface area contributed by atoms with Gasteiger partial charge in [-0.3, -0.25) is 9.69 Å². The number of carbonyl (C=O) groups excluding carboxylic acids is 1. The third-order valence-corrected chi connectivity index (χ3v) is 5.73. The van der Waals surface area contributed by atoms with Crippen molar-refractivity contribution in [3.05, 3.63) is 69.0 Å². The number of carbonyl (C=O) groups is 2. The first-order valence-corrected chi connectivity index (χ1v) is 9.82. The molecule has 5 nitrogen and oxygen atoms in total. The number of hydrogen-bond donors (Lipinski definition) is 1. The molecule has 1 fully saturated rings. The summed E-state index contributed by atoms with van der Waals surface area (Å²) in [5.41, 5.74) is 1.18. The third kappa shape index (κ3) is 4.07. The van der Waals surface area contributed by atoms with Gasteiger partial charge < -0.3 is 9.84 Å². The van der Waals surface area contributed by atoms with Gasteiger partial charge in [-0.2, -0.15) is 0 Å². The number of rotatable bonds is 5. The maximum Gasteiger partial charge on any atom is 0.331 e. The second-order valence-corrected chi connectivity index (χ2v) is 8.18. The molecule has 0 bridgehead atoms. The van der Waals surface area contributed by atoms with E-state index in [2.05, 4.69) is 15.9 Å². The highest BCUT2D eigenvalue weighted by Crippen LogP contribution is 2.39. The van der Waals surface area contributed by atoms with Crippen LogP contribution in [-0.4, -0.2) is 33.3 Å². The Morgan fingerprint density at radius 2 is 2.00 bits per heavy atom. The van der Waals surface area contributed by atoms with Crippen molar-refractivity contribution in [1.29, 1.82) is 0 Å². The van der Waals surface area contributed by atoms with Crippen molar-refractivity contribution < 1.29 is 19.4 Å². The zero-order valence-corrected chi connectivity index (χ0v) is 17.3. The molecular formula is C19H14BrNO4S2. The fourth-order valence-corrected chi connectivity index (χ4v) is 4.38. The normalized spacial score (nSPS) is 16.7. The van der Waals surface area contributed by atoms with Crippen molar-refractivity contribution in [2.24, 2.45) is 0 Å². The van der Waals surface area contributed by atoms with E-state index in [1.165, 1.54) is 0 Å². The predicted octanol–water partition coefficient (Wildman–Crippen LogP) is 4.48. The SMILES string of the molecule is COc1ccc(Br)cc1/C=C1/SC(=S)N(C(C(=O)O)c2ccccc2)C1=O. The first-order chi connectivity index (χ1) is 12.9. The summed E-state index contributed by atoms with van der Waals surface area (Å²) in [6.45, 7) is 0. The van der Waals surface area contributed by atoms with Gasteiger partial charge in [0, 0.05) is 10.0 Å². The molecule has 1 N–H and O–H groups in total. The average Bonchev–Trinajstić information content (AvgIpc) is 2.91. The minimum absolute atomic E-state index is 0.205. The summed E-state index contributed by atoms with van der Waals surface area (Å²) in [5, 5.41) is 9.71. The smallest absolute Gasteiger partial charge is 0.331 e. The molecule has 0 saturated carbocycles.